The molecule has 0 saturated heterocycles. The Labute approximate surface area is 66.7 Å². The molecule has 0 unspecified atom stereocenters. The molecule has 0 aromatic carbocycles. The molecular weight excluding hydrogens is 175 g/mol. The smallest absolute Gasteiger partial charge is 0.248 e. The average Bonchev–Trinajstić information content (AvgIpc) is 1.63. The molecule has 0 N–H and O–H groups in total. The summed E-state index contributed by atoms with van der Waals surface area (Å²) < 4.78 is 4.84. The van der Waals surface area contributed by atoms with Crippen molar-refractivity contribution in [3.63, 3.8) is 0 Å². The average molecular weight is 187 g/mol. The van der Waals surface area contributed by atoms with Crippen LogP contribution in [0.15, 0.2) is 0 Å². The lowest BCUT2D eigenvalue weighted by Crippen LogP contribution is -2.12. The fraction of sp³-hybridized carbons (Fsp3) is 1.00. The molecule has 1 nitrogen and oxygen atoms in total. The first kappa shape index (κ1) is 9.76. The second-order valence-corrected chi connectivity index (χ2v) is 10.4. The van der Waals surface area contributed by atoms with Crippen LogP contribution < -0.4 is 0 Å². The van der Waals surface area contributed by atoms with Crippen molar-refractivity contribution in [1.29, 1.82) is 0 Å². The molecule has 0 aliphatic heterocycles. The molecule has 0 radical (unpaired) electrons. The summed E-state index contributed by atoms with van der Waals surface area (Å²) in [5.74, 6) is 0. The van der Waals surface area contributed by atoms with Crippen molar-refractivity contribution >= 4 is 28.9 Å². The van der Waals surface area contributed by atoms with Gasteiger partial charge in [-0.15, -0.1) is 22.2 Å². The van der Waals surface area contributed by atoms with Gasteiger partial charge in [0.25, 0.3) is 0 Å². The minimum Gasteiger partial charge on any atom is -0.385 e. The van der Waals surface area contributed by atoms with Gasteiger partial charge in [0.05, 0.1) is 0 Å². The van der Waals surface area contributed by atoms with Crippen LogP contribution in [-0.4, -0.2) is 20.4 Å². The molecule has 0 spiro atoms. The highest BCUT2D eigenvalue weighted by atomic mass is 35.7. The van der Waals surface area contributed by atoms with E-state index in [1.165, 1.54) is 0 Å². The van der Waals surface area contributed by atoms with Crippen molar-refractivity contribution in [3.8, 4) is 0 Å². The SMILES string of the molecule is COCCC[Si](C)(Cl)Cl. The minimum atomic E-state index is -1.83. The maximum absolute atomic E-state index is 5.82. The van der Waals surface area contributed by atoms with Gasteiger partial charge in [-0.3, -0.25) is 0 Å². The van der Waals surface area contributed by atoms with Crippen LogP contribution in [-0.2, 0) is 4.74 Å². The first-order chi connectivity index (χ1) is 4.06. The van der Waals surface area contributed by atoms with Crippen molar-refractivity contribution in [3.05, 3.63) is 0 Å². The van der Waals surface area contributed by atoms with Gasteiger partial charge in [-0.25, -0.2) is 0 Å². The van der Waals surface area contributed by atoms with Crippen molar-refractivity contribution in [2.45, 2.75) is 19.0 Å². The van der Waals surface area contributed by atoms with Crippen molar-refractivity contribution in [2.24, 2.45) is 0 Å². The Morgan fingerprint density at radius 2 is 2.00 bits per heavy atom. The summed E-state index contributed by atoms with van der Waals surface area (Å²) in [6, 6.07) is 0.921. The van der Waals surface area contributed by atoms with Crippen molar-refractivity contribution in [2.75, 3.05) is 13.7 Å². The molecule has 0 aromatic heterocycles. The van der Waals surface area contributed by atoms with Crippen LogP contribution in [0, 0.1) is 0 Å². The normalized spacial score (nSPS) is 12.0. The minimum absolute atomic E-state index is 0.766. The van der Waals surface area contributed by atoms with Gasteiger partial charge in [0.15, 0.2) is 0 Å². The summed E-state index contributed by atoms with van der Waals surface area (Å²) in [6.07, 6.45) is 0.978. The van der Waals surface area contributed by atoms with E-state index in [2.05, 4.69) is 0 Å². The highest BCUT2D eigenvalue weighted by molar-refractivity contribution is 7.44. The lowest BCUT2D eigenvalue weighted by Gasteiger charge is -2.07. The van der Waals surface area contributed by atoms with Crippen LogP contribution in [0.5, 0.6) is 0 Å². The molecule has 0 saturated carbocycles. The van der Waals surface area contributed by atoms with Gasteiger partial charge in [0.1, 0.15) is 0 Å². The molecule has 0 rings (SSSR count). The van der Waals surface area contributed by atoms with Crippen LogP contribution in [0.2, 0.25) is 12.6 Å². The molecule has 9 heavy (non-hydrogen) atoms. The van der Waals surface area contributed by atoms with Crippen molar-refractivity contribution in [1.82, 2.24) is 0 Å². The second kappa shape index (κ2) is 4.55. The van der Waals surface area contributed by atoms with Crippen LogP contribution >= 0.6 is 22.2 Å². The predicted molar refractivity (Wildman–Crippen MR) is 44.6 cm³/mol. The molecule has 56 valence electrons. The summed E-state index contributed by atoms with van der Waals surface area (Å²) in [5, 5.41) is 0. The molecule has 0 aromatic rings. The molecule has 0 aliphatic carbocycles. The van der Waals surface area contributed by atoms with E-state index in [4.69, 9.17) is 26.9 Å². The van der Waals surface area contributed by atoms with Gasteiger partial charge in [0, 0.05) is 13.7 Å². The van der Waals surface area contributed by atoms with E-state index in [9.17, 15) is 0 Å². The molecule has 0 heterocycles. The van der Waals surface area contributed by atoms with E-state index in [-0.39, 0.29) is 0 Å². The number of hydrogen-bond acceptors (Lipinski definition) is 1. The molecule has 0 amide bonds. The van der Waals surface area contributed by atoms with E-state index in [0.29, 0.717) is 0 Å². The Hall–Kier alpha value is 0.757. The quantitative estimate of drug-likeness (QED) is 0.373. The molecule has 0 atom stereocenters. The highest BCUT2D eigenvalue weighted by Gasteiger charge is 2.19. The van der Waals surface area contributed by atoms with Gasteiger partial charge in [-0.05, 0) is 19.0 Å². The third kappa shape index (κ3) is 8.76. The largest absolute Gasteiger partial charge is 0.385 e. The Balaban J connectivity index is 3.07. The van der Waals surface area contributed by atoms with Crippen LogP contribution in [0.4, 0.5) is 0 Å². The lowest BCUT2D eigenvalue weighted by molar-refractivity contribution is 0.199. The molecular formula is C5H12Cl2OSi. The van der Waals surface area contributed by atoms with Crippen LogP contribution in [0.25, 0.3) is 0 Å². The van der Waals surface area contributed by atoms with Crippen molar-refractivity contribution < 1.29 is 4.74 Å². The summed E-state index contributed by atoms with van der Waals surface area (Å²) >= 11 is 11.6. The predicted octanol–water partition coefficient (Wildman–Crippen LogP) is 2.57. The van der Waals surface area contributed by atoms with Gasteiger partial charge >= 0.3 is 0 Å². The Morgan fingerprint density at radius 1 is 1.44 bits per heavy atom. The number of ether oxygens (including phenoxy) is 1. The zero-order valence-corrected chi connectivity index (χ0v) is 8.30. The number of hydrogen-bond donors (Lipinski definition) is 0. The topological polar surface area (TPSA) is 9.23 Å². The zero-order chi connectivity index (χ0) is 7.33. The monoisotopic (exact) mass is 186 g/mol. The summed E-state index contributed by atoms with van der Waals surface area (Å²) in [5.41, 5.74) is 0. The number of rotatable bonds is 4. The summed E-state index contributed by atoms with van der Waals surface area (Å²) in [4.78, 5) is 0. The van der Waals surface area contributed by atoms with E-state index in [0.717, 1.165) is 19.1 Å². The third-order valence-electron chi connectivity index (χ3n) is 0.964. The van der Waals surface area contributed by atoms with Crippen LogP contribution in [0.1, 0.15) is 6.42 Å². The maximum Gasteiger partial charge on any atom is 0.248 e. The van der Waals surface area contributed by atoms with E-state index in [1.807, 2.05) is 6.55 Å². The zero-order valence-electron chi connectivity index (χ0n) is 5.79. The standard InChI is InChI=1S/C5H12Cl2OSi/c1-8-4-3-5-9(2,6)7/h3-5H2,1-2H3. The van der Waals surface area contributed by atoms with E-state index in [1.54, 1.807) is 7.11 Å². The first-order valence-corrected chi connectivity index (χ1v) is 7.66. The third-order valence-corrected chi connectivity index (χ3v) is 3.33. The highest BCUT2D eigenvalue weighted by Crippen LogP contribution is 2.20. The fourth-order valence-corrected chi connectivity index (χ4v) is 2.09. The van der Waals surface area contributed by atoms with Crippen LogP contribution in [0.3, 0.4) is 0 Å². The summed E-state index contributed by atoms with van der Waals surface area (Å²) in [7, 11) is 1.68. The fourth-order valence-electron chi connectivity index (χ4n) is 0.527. The number of halogens is 2. The van der Waals surface area contributed by atoms with Gasteiger partial charge in [-0.1, -0.05) is 0 Å². The summed E-state index contributed by atoms with van der Waals surface area (Å²) in [6.45, 7) is 0.858. The second-order valence-electron chi connectivity index (χ2n) is 2.17. The van der Waals surface area contributed by atoms with Gasteiger partial charge in [0.2, 0.25) is 6.69 Å². The molecule has 0 fully saturated rings. The Kier molecular flexibility index (Phi) is 4.94. The molecule has 0 aliphatic rings. The van der Waals surface area contributed by atoms with Gasteiger partial charge in [-0.2, -0.15) is 0 Å². The Bertz CT molecular complexity index is 71.8. The molecule has 4 heteroatoms. The maximum atomic E-state index is 5.82. The Morgan fingerprint density at radius 3 is 2.33 bits per heavy atom. The first-order valence-electron chi connectivity index (χ1n) is 2.93. The molecule has 0 bridgehead atoms. The lowest BCUT2D eigenvalue weighted by atomic mass is 10.5. The van der Waals surface area contributed by atoms with E-state index >= 15 is 0 Å². The van der Waals surface area contributed by atoms with Gasteiger partial charge < -0.3 is 4.74 Å². The van der Waals surface area contributed by atoms with E-state index < -0.39 is 6.69 Å². The number of methoxy groups -OCH3 is 1.